The molecule has 0 spiro atoms. The Bertz CT molecular complexity index is 835. The van der Waals surface area contributed by atoms with Crippen LogP contribution >= 0.6 is 0 Å². The van der Waals surface area contributed by atoms with Crippen molar-refractivity contribution in [3.8, 4) is 5.75 Å². The minimum Gasteiger partial charge on any atom is -0.507 e. The fourth-order valence-electron chi connectivity index (χ4n) is 2.68. The molecule has 0 radical (unpaired) electrons. The molecule has 0 aliphatic carbocycles. The van der Waals surface area contributed by atoms with Gasteiger partial charge in [0.2, 0.25) is 0 Å². The number of nitrogens with zero attached hydrogens (tertiary/aromatic N) is 1. The molecule has 0 fully saturated rings. The van der Waals surface area contributed by atoms with Gasteiger partial charge in [0.1, 0.15) is 5.75 Å². The SMILES string of the molecule is CCn1c(=O)cc(O)c2cc(Cc3ccccc3)ccc21. The van der Waals surface area contributed by atoms with Gasteiger partial charge in [-0.05, 0) is 36.6 Å². The van der Waals surface area contributed by atoms with Crippen LogP contribution in [0.25, 0.3) is 10.9 Å². The summed E-state index contributed by atoms with van der Waals surface area (Å²) in [5.41, 5.74) is 2.95. The molecule has 0 saturated heterocycles. The highest BCUT2D eigenvalue weighted by atomic mass is 16.3. The van der Waals surface area contributed by atoms with E-state index < -0.39 is 0 Å². The number of aromatic hydroxyl groups is 1. The second-order valence-corrected chi connectivity index (χ2v) is 5.13. The zero-order chi connectivity index (χ0) is 14.8. The summed E-state index contributed by atoms with van der Waals surface area (Å²) in [7, 11) is 0. The Morgan fingerprint density at radius 3 is 2.48 bits per heavy atom. The normalized spacial score (nSPS) is 10.9. The fourth-order valence-corrected chi connectivity index (χ4v) is 2.68. The van der Waals surface area contributed by atoms with Crippen LogP contribution in [0.15, 0.2) is 59.4 Å². The number of hydrogen-bond acceptors (Lipinski definition) is 2. The maximum atomic E-state index is 11.9. The van der Waals surface area contributed by atoms with Crippen molar-refractivity contribution in [2.45, 2.75) is 19.9 Å². The van der Waals surface area contributed by atoms with Gasteiger partial charge in [-0.2, -0.15) is 0 Å². The van der Waals surface area contributed by atoms with Gasteiger partial charge in [0.05, 0.1) is 5.52 Å². The number of pyridine rings is 1. The second kappa shape index (κ2) is 5.44. The molecule has 0 atom stereocenters. The van der Waals surface area contributed by atoms with Crippen LogP contribution in [-0.4, -0.2) is 9.67 Å². The van der Waals surface area contributed by atoms with E-state index in [1.54, 1.807) is 4.57 Å². The molecular formula is C18H17NO2. The first-order chi connectivity index (χ1) is 10.2. The van der Waals surface area contributed by atoms with Gasteiger partial charge in [-0.3, -0.25) is 4.79 Å². The number of benzene rings is 2. The van der Waals surface area contributed by atoms with Crippen molar-refractivity contribution in [3.63, 3.8) is 0 Å². The molecule has 0 unspecified atom stereocenters. The Morgan fingerprint density at radius 2 is 1.76 bits per heavy atom. The summed E-state index contributed by atoms with van der Waals surface area (Å²) < 4.78 is 1.67. The smallest absolute Gasteiger partial charge is 0.254 e. The van der Waals surface area contributed by atoms with Crippen LogP contribution in [0, 0.1) is 0 Å². The summed E-state index contributed by atoms with van der Waals surface area (Å²) in [6.45, 7) is 2.52. The van der Waals surface area contributed by atoms with Gasteiger partial charge >= 0.3 is 0 Å². The van der Waals surface area contributed by atoms with E-state index in [2.05, 4.69) is 12.1 Å². The molecule has 106 valence electrons. The summed E-state index contributed by atoms with van der Waals surface area (Å²) in [5.74, 6) is 0.0506. The summed E-state index contributed by atoms with van der Waals surface area (Å²) in [4.78, 5) is 11.9. The van der Waals surface area contributed by atoms with Crippen LogP contribution in [0.3, 0.4) is 0 Å². The molecule has 0 bridgehead atoms. The number of aryl methyl sites for hydroxylation is 1. The third-order valence-corrected chi connectivity index (χ3v) is 3.72. The van der Waals surface area contributed by atoms with E-state index in [0.29, 0.717) is 6.54 Å². The maximum Gasteiger partial charge on any atom is 0.254 e. The predicted octanol–water partition coefficient (Wildman–Crippen LogP) is 3.32. The standard InChI is InChI=1S/C18H17NO2/c1-2-19-16-9-8-14(10-13-6-4-3-5-7-13)11-15(16)17(20)12-18(19)21/h3-9,11-12,20H,2,10H2,1H3. The van der Waals surface area contributed by atoms with Gasteiger partial charge in [-0.1, -0.05) is 36.4 Å². The second-order valence-electron chi connectivity index (χ2n) is 5.13. The average molecular weight is 279 g/mol. The number of rotatable bonds is 3. The molecule has 3 aromatic rings. The highest BCUT2D eigenvalue weighted by Gasteiger charge is 2.08. The first-order valence-corrected chi connectivity index (χ1v) is 7.08. The molecule has 21 heavy (non-hydrogen) atoms. The van der Waals surface area contributed by atoms with Gasteiger partial charge in [0, 0.05) is 18.0 Å². The lowest BCUT2D eigenvalue weighted by molar-refractivity contribution is 0.479. The lowest BCUT2D eigenvalue weighted by atomic mass is 10.0. The molecule has 3 nitrogen and oxygen atoms in total. The van der Waals surface area contributed by atoms with E-state index in [9.17, 15) is 9.90 Å². The van der Waals surface area contributed by atoms with Gasteiger partial charge in [-0.15, -0.1) is 0 Å². The van der Waals surface area contributed by atoms with Crippen LogP contribution < -0.4 is 5.56 Å². The Balaban J connectivity index is 2.10. The van der Waals surface area contributed by atoms with Gasteiger partial charge in [-0.25, -0.2) is 0 Å². The molecule has 1 heterocycles. The first-order valence-electron chi connectivity index (χ1n) is 7.08. The first kappa shape index (κ1) is 13.4. The molecule has 3 rings (SSSR count). The molecule has 2 aromatic carbocycles. The van der Waals surface area contributed by atoms with Crippen molar-refractivity contribution in [1.82, 2.24) is 4.57 Å². The van der Waals surface area contributed by atoms with E-state index in [-0.39, 0.29) is 11.3 Å². The van der Waals surface area contributed by atoms with Crippen molar-refractivity contribution in [1.29, 1.82) is 0 Å². The van der Waals surface area contributed by atoms with E-state index in [4.69, 9.17) is 0 Å². The van der Waals surface area contributed by atoms with E-state index in [1.807, 2.05) is 43.3 Å². The predicted molar refractivity (Wildman–Crippen MR) is 84.8 cm³/mol. The van der Waals surface area contributed by atoms with Gasteiger partial charge in [0.25, 0.3) is 5.56 Å². The zero-order valence-corrected chi connectivity index (χ0v) is 11.9. The van der Waals surface area contributed by atoms with Crippen molar-refractivity contribution in [2.24, 2.45) is 0 Å². The van der Waals surface area contributed by atoms with E-state index in [0.717, 1.165) is 22.9 Å². The third-order valence-electron chi connectivity index (χ3n) is 3.72. The molecule has 0 amide bonds. The van der Waals surface area contributed by atoms with Crippen molar-refractivity contribution < 1.29 is 5.11 Å². The zero-order valence-electron chi connectivity index (χ0n) is 11.9. The quantitative estimate of drug-likeness (QED) is 0.799. The molecule has 0 aliphatic heterocycles. The molecule has 3 heteroatoms. The highest BCUT2D eigenvalue weighted by molar-refractivity contribution is 5.85. The number of aromatic nitrogens is 1. The summed E-state index contributed by atoms with van der Waals surface area (Å²) in [6.07, 6.45) is 0.807. The van der Waals surface area contributed by atoms with Crippen LogP contribution in [-0.2, 0) is 13.0 Å². The Kier molecular flexibility index (Phi) is 3.48. The van der Waals surface area contributed by atoms with Crippen molar-refractivity contribution in [2.75, 3.05) is 0 Å². The van der Waals surface area contributed by atoms with Gasteiger partial charge in [0.15, 0.2) is 0 Å². The number of fused-ring (bicyclic) bond motifs is 1. The van der Waals surface area contributed by atoms with Gasteiger partial charge < -0.3 is 9.67 Å². The summed E-state index contributed by atoms with van der Waals surface area (Å²) in [5, 5.41) is 10.8. The molecule has 1 aromatic heterocycles. The Morgan fingerprint density at radius 1 is 1.00 bits per heavy atom. The monoisotopic (exact) mass is 279 g/mol. The maximum absolute atomic E-state index is 11.9. The van der Waals surface area contributed by atoms with Crippen molar-refractivity contribution >= 4 is 10.9 Å². The Labute approximate surface area is 123 Å². The van der Waals surface area contributed by atoms with Crippen LogP contribution in [0.1, 0.15) is 18.1 Å². The average Bonchev–Trinajstić information content (AvgIpc) is 2.49. The van der Waals surface area contributed by atoms with Crippen LogP contribution in [0.2, 0.25) is 0 Å². The van der Waals surface area contributed by atoms with E-state index in [1.165, 1.54) is 11.6 Å². The number of hydrogen-bond donors (Lipinski definition) is 1. The largest absolute Gasteiger partial charge is 0.507 e. The fraction of sp³-hybridized carbons (Fsp3) is 0.167. The van der Waals surface area contributed by atoms with Crippen LogP contribution in [0.4, 0.5) is 0 Å². The summed E-state index contributed by atoms with van der Waals surface area (Å²) >= 11 is 0. The van der Waals surface area contributed by atoms with Crippen molar-refractivity contribution in [3.05, 3.63) is 76.1 Å². The molecule has 1 N–H and O–H groups in total. The third kappa shape index (κ3) is 2.55. The molecule has 0 aliphatic rings. The lowest BCUT2D eigenvalue weighted by Gasteiger charge is -2.11. The van der Waals surface area contributed by atoms with E-state index >= 15 is 0 Å². The summed E-state index contributed by atoms with van der Waals surface area (Å²) in [6, 6.07) is 17.4. The minimum atomic E-state index is -0.168. The minimum absolute atomic E-state index is 0.0506. The van der Waals surface area contributed by atoms with Crippen LogP contribution in [0.5, 0.6) is 5.75 Å². The highest BCUT2D eigenvalue weighted by Crippen LogP contribution is 2.24. The molecule has 0 saturated carbocycles. The Hall–Kier alpha value is -2.55. The molecular weight excluding hydrogens is 262 g/mol. The lowest BCUT2D eigenvalue weighted by Crippen LogP contribution is -2.18. The topological polar surface area (TPSA) is 42.2 Å².